The molecule has 0 aromatic heterocycles. The minimum absolute atomic E-state index is 0.0580. The van der Waals surface area contributed by atoms with Crippen LogP contribution in [0.2, 0.25) is 0 Å². The lowest BCUT2D eigenvalue weighted by Crippen LogP contribution is -2.09. The summed E-state index contributed by atoms with van der Waals surface area (Å²) in [6, 6.07) is 0. The Bertz CT molecular complexity index is 300. The van der Waals surface area contributed by atoms with Crippen molar-refractivity contribution in [2.75, 3.05) is 0 Å². The third kappa shape index (κ3) is 6.26. The maximum absolute atomic E-state index is 11.1. The van der Waals surface area contributed by atoms with Gasteiger partial charge in [-0.2, -0.15) is 0 Å². The van der Waals surface area contributed by atoms with Gasteiger partial charge in [0.25, 0.3) is 0 Å². The molecule has 0 aromatic carbocycles. The molecule has 0 aliphatic rings. The molecule has 0 radical (unpaired) electrons. The highest BCUT2D eigenvalue weighted by molar-refractivity contribution is 5.93. The van der Waals surface area contributed by atoms with Crippen LogP contribution in [0.4, 0.5) is 0 Å². The summed E-state index contributed by atoms with van der Waals surface area (Å²) in [7, 11) is 0. The van der Waals surface area contributed by atoms with Gasteiger partial charge in [0.2, 0.25) is 0 Å². The molecule has 0 N–H and O–H groups in total. The van der Waals surface area contributed by atoms with E-state index in [9.17, 15) is 9.59 Å². The predicted octanol–water partition coefficient (Wildman–Crippen LogP) is 2.09. The first-order valence-corrected chi connectivity index (χ1v) is 4.42. The molecule has 0 heterocycles. The van der Waals surface area contributed by atoms with Crippen LogP contribution in [0.15, 0.2) is 36.8 Å². The van der Waals surface area contributed by atoms with Crippen LogP contribution in [0.1, 0.15) is 20.3 Å². The Morgan fingerprint density at radius 1 is 1.13 bits per heavy atom. The minimum Gasteiger partial charge on any atom is -0.435 e. The summed E-state index contributed by atoms with van der Waals surface area (Å²) < 4.78 is 9.22. The van der Waals surface area contributed by atoms with Crippen molar-refractivity contribution in [2.24, 2.45) is 0 Å². The number of allylic oxidation sites excluding steroid dienone is 2. The number of carbonyl (C=O) groups is 2. The van der Waals surface area contributed by atoms with Gasteiger partial charge in [0.05, 0.1) is 18.9 Å². The second-order valence-corrected chi connectivity index (χ2v) is 2.61. The Labute approximate surface area is 88.9 Å². The van der Waals surface area contributed by atoms with Crippen molar-refractivity contribution < 1.29 is 19.1 Å². The van der Waals surface area contributed by atoms with E-state index in [-0.39, 0.29) is 12.0 Å². The van der Waals surface area contributed by atoms with Crippen molar-refractivity contribution in [3.05, 3.63) is 36.8 Å². The van der Waals surface area contributed by atoms with E-state index in [0.717, 1.165) is 0 Å². The molecular weight excluding hydrogens is 196 g/mol. The van der Waals surface area contributed by atoms with Gasteiger partial charge >= 0.3 is 11.9 Å². The molecule has 0 saturated heterocycles. The van der Waals surface area contributed by atoms with Crippen LogP contribution in [-0.2, 0) is 19.1 Å². The topological polar surface area (TPSA) is 52.6 Å². The number of ether oxygens (including phenoxy) is 2. The number of hydrogen-bond donors (Lipinski definition) is 0. The summed E-state index contributed by atoms with van der Waals surface area (Å²) in [5.74, 6) is -1.18. The highest BCUT2D eigenvalue weighted by atomic mass is 16.5. The number of rotatable bonds is 5. The first kappa shape index (κ1) is 13.2. The van der Waals surface area contributed by atoms with Gasteiger partial charge in [0.1, 0.15) is 0 Å². The molecule has 0 aliphatic carbocycles. The summed E-state index contributed by atoms with van der Waals surface area (Å²) in [6.45, 7) is 6.84. The molecule has 0 rings (SSSR count). The van der Waals surface area contributed by atoms with E-state index in [1.54, 1.807) is 26.0 Å². The second-order valence-electron chi connectivity index (χ2n) is 2.61. The lowest BCUT2D eigenvalue weighted by molar-refractivity contribution is -0.140. The minimum atomic E-state index is -0.634. The summed E-state index contributed by atoms with van der Waals surface area (Å²) in [5.41, 5.74) is 0.0580. The molecule has 0 unspecified atom stereocenters. The Balaban J connectivity index is 4.01. The largest absolute Gasteiger partial charge is 0.435 e. The Morgan fingerprint density at radius 3 is 2.20 bits per heavy atom. The van der Waals surface area contributed by atoms with Gasteiger partial charge in [-0.05, 0) is 13.8 Å². The second kappa shape index (κ2) is 7.55. The van der Waals surface area contributed by atoms with Crippen molar-refractivity contribution in [1.29, 1.82) is 0 Å². The van der Waals surface area contributed by atoms with Crippen LogP contribution in [0.5, 0.6) is 0 Å². The van der Waals surface area contributed by atoms with Gasteiger partial charge in [-0.3, -0.25) is 4.79 Å². The fraction of sp³-hybridized carbons (Fsp3) is 0.273. The average Bonchev–Trinajstić information content (AvgIpc) is 2.22. The van der Waals surface area contributed by atoms with E-state index < -0.39 is 11.9 Å². The van der Waals surface area contributed by atoms with E-state index in [0.29, 0.717) is 0 Å². The number of hydrogen-bond acceptors (Lipinski definition) is 4. The SMILES string of the molecule is C=C(CC(=O)OC=CC)C(=O)OC=CC. The zero-order valence-electron chi connectivity index (χ0n) is 8.86. The van der Waals surface area contributed by atoms with E-state index >= 15 is 0 Å². The van der Waals surface area contributed by atoms with Crippen molar-refractivity contribution >= 4 is 11.9 Å². The van der Waals surface area contributed by atoms with Crippen LogP contribution >= 0.6 is 0 Å². The lowest BCUT2D eigenvalue weighted by Gasteiger charge is -2.01. The zero-order valence-corrected chi connectivity index (χ0v) is 8.86. The molecule has 0 aromatic rings. The van der Waals surface area contributed by atoms with Gasteiger partial charge in [-0.15, -0.1) is 0 Å². The van der Waals surface area contributed by atoms with Crippen molar-refractivity contribution in [1.82, 2.24) is 0 Å². The monoisotopic (exact) mass is 210 g/mol. The quantitative estimate of drug-likeness (QED) is 0.396. The highest BCUT2D eigenvalue weighted by Gasteiger charge is 2.12. The summed E-state index contributed by atoms with van der Waals surface area (Å²) in [4.78, 5) is 22.1. The molecule has 0 saturated carbocycles. The summed E-state index contributed by atoms with van der Waals surface area (Å²) in [5, 5.41) is 0. The van der Waals surface area contributed by atoms with Crippen molar-refractivity contribution in [3.63, 3.8) is 0 Å². The molecule has 15 heavy (non-hydrogen) atoms. The van der Waals surface area contributed by atoms with Crippen LogP contribution < -0.4 is 0 Å². The highest BCUT2D eigenvalue weighted by Crippen LogP contribution is 2.03. The third-order valence-corrected chi connectivity index (χ3v) is 1.29. The van der Waals surface area contributed by atoms with Gasteiger partial charge in [-0.1, -0.05) is 18.7 Å². The van der Waals surface area contributed by atoms with Gasteiger partial charge in [0.15, 0.2) is 0 Å². The molecule has 4 heteroatoms. The molecule has 0 aliphatic heterocycles. The first-order valence-electron chi connectivity index (χ1n) is 4.42. The average molecular weight is 210 g/mol. The number of esters is 2. The molecule has 0 fully saturated rings. The fourth-order valence-electron chi connectivity index (χ4n) is 0.645. The molecule has 0 atom stereocenters. The van der Waals surface area contributed by atoms with E-state index in [2.05, 4.69) is 16.1 Å². The molecule has 0 amide bonds. The Kier molecular flexibility index (Phi) is 6.63. The zero-order chi connectivity index (χ0) is 11.7. The van der Waals surface area contributed by atoms with Crippen LogP contribution in [0, 0.1) is 0 Å². The summed E-state index contributed by atoms with van der Waals surface area (Å²) in [6.07, 6.45) is 5.42. The van der Waals surface area contributed by atoms with Crippen LogP contribution in [0.3, 0.4) is 0 Å². The van der Waals surface area contributed by atoms with Crippen LogP contribution in [-0.4, -0.2) is 11.9 Å². The molecule has 82 valence electrons. The van der Waals surface area contributed by atoms with Crippen molar-refractivity contribution in [2.45, 2.75) is 20.3 Å². The van der Waals surface area contributed by atoms with Crippen molar-refractivity contribution in [3.8, 4) is 0 Å². The molecule has 0 spiro atoms. The molecule has 4 nitrogen and oxygen atoms in total. The maximum Gasteiger partial charge on any atom is 0.338 e. The Morgan fingerprint density at radius 2 is 1.67 bits per heavy atom. The smallest absolute Gasteiger partial charge is 0.338 e. The first-order chi connectivity index (χ1) is 7.11. The summed E-state index contributed by atoms with van der Waals surface area (Å²) >= 11 is 0. The van der Waals surface area contributed by atoms with Crippen LogP contribution in [0.25, 0.3) is 0 Å². The lowest BCUT2D eigenvalue weighted by atomic mass is 10.2. The van der Waals surface area contributed by atoms with E-state index in [1.807, 2.05) is 0 Å². The predicted molar refractivity (Wildman–Crippen MR) is 55.6 cm³/mol. The van der Waals surface area contributed by atoms with Gasteiger partial charge in [0, 0.05) is 5.57 Å². The number of carbonyl (C=O) groups excluding carboxylic acids is 2. The maximum atomic E-state index is 11.1. The fourth-order valence-corrected chi connectivity index (χ4v) is 0.645. The Hall–Kier alpha value is -1.84. The standard InChI is InChI=1S/C11H14O4/c1-4-6-14-10(12)8-9(3)11(13)15-7-5-2/h4-7H,3,8H2,1-2H3. The van der Waals surface area contributed by atoms with E-state index in [1.165, 1.54) is 12.5 Å². The van der Waals surface area contributed by atoms with Gasteiger partial charge in [-0.25, -0.2) is 4.79 Å². The third-order valence-electron chi connectivity index (χ3n) is 1.29. The van der Waals surface area contributed by atoms with E-state index in [4.69, 9.17) is 0 Å². The molecular formula is C11H14O4. The normalized spacial score (nSPS) is 10.5. The van der Waals surface area contributed by atoms with Gasteiger partial charge < -0.3 is 9.47 Å². The molecule has 0 bridgehead atoms.